The number of aromatic hydroxyl groups is 1. The van der Waals surface area contributed by atoms with Gasteiger partial charge in [-0.3, -0.25) is 0 Å². The topological polar surface area (TPSA) is 71.2 Å². The van der Waals surface area contributed by atoms with Crippen LogP contribution < -0.4 is 5.32 Å². The molecule has 0 amide bonds. The first kappa shape index (κ1) is 9.67. The van der Waals surface area contributed by atoms with Crippen LogP contribution >= 0.6 is 0 Å². The fraction of sp³-hybridized carbons (Fsp3) is 0.200. The van der Waals surface area contributed by atoms with Crippen molar-refractivity contribution in [1.82, 2.24) is 15.5 Å². The first-order valence-corrected chi connectivity index (χ1v) is 4.56. The van der Waals surface area contributed by atoms with Crippen LogP contribution in [-0.4, -0.2) is 22.4 Å². The minimum Gasteiger partial charge on any atom is -0.508 e. The standard InChI is InChI=1S/C10H11N3O2/c1-11-6-9-12-13-10(15-9)7-3-2-4-8(14)5-7/h2-5,11,14H,6H2,1H3. The maximum atomic E-state index is 9.28. The first-order chi connectivity index (χ1) is 7.29. The summed E-state index contributed by atoms with van der Waals surface area (Å²) < 4.78 is 5.37. The highest BCUT2D eigenvalue weighted by Gasteiger charge is 2.07. The number of hydrogen-bond acceptors (Lipinski definition) is 5. The lowest BCUT2D eigenvalue weighted by molar-refractivity contribution is 0.473. The SMILES string of the molecule is CNCc1nnc(-c2cccc(O)c2)o1. The van der Waals surface area contributed by atoms with Gasteiger partial charge in [-0.1, -0.05) is 6.07 Å². The lowest BCUT2D eigenvalue weighted by Gasteiger charge is -1.95. The fourth-order valence-corrected chi connectivity index (χ4v) is 1.23. The van der Waals surface area contributed by atoms with Crippen molar-refractivity contribution in [3.8, 4) is 17.2 Å². The number of benzene rings is 1. The Balaban J connectivity index is 2.29. The monoisotopic (exact) mass is 205 g/mol. The van der Waals surface area contributed by atoms with E-state index in [4.69, 9.17) is 4.42 Å². The smallest absolute Gasteiger partial charge is 0.247 e. The van der Waals surface area contributed by atoms with E-state index in [9.17, 15) is 5.11 Å². The molecule has 0 saturated carbocycles. The van der Waals surface area contributed by atoms with Gasteiger partial charge >= 0.3 is 0 Å². The third-order valence-electron chi connectivity index (χ3n) is 1.89. The molecule has 0 radical (unpaired) electrons. The second-order valence-corrected chi connectivity index (χ2v) is 3.08. The number of phenolic OH excluding ortho intramolecular Hbond substituents is 1. The van der Waals surface area contributed by atoms with Gasteiger partial charge in [0.25, 0.3) is 0 Å². The highest BCUT2D eigenvalue weighted by Crippen LogP contribution is 2.21. The Kier molecular flexibility index (Phi) is 2.64. The summed E-state index contributed by atoms with van der Waals surface area (Å²) in [5.74, 6) is 1.12. The number of hydrogen-bond donors (Lipinski definition) is 2. The lowest BCUT2D eigenvalue weighted by atomic mass is 10.2. The summed E-state index contributed by atoms with van der Waals surface area (Å²) in [6, 6.07) is 6.70. The van der Waals surface area contributed by atoms with Gasteiger partial charge in [0.05, 0.1) is 6.54 Å². The third-order valence-corrected chi connectivity index (χ3v) is 1.89. The minimum absolute atomic E-state index is 0.181. The summed E-state index contributed by atoms with van der Waals surface area (Å²) in [7, 11) is 1.80. The van der Waals surface area contributed by atoms with Crippen molar-refractivity contribution in [2.75, 3.05) is 7.05 Å². The average molecular weight is 205 g/mol. The third kappa shape index (κ3) is 2.13. The quantitative estimate of drug-likeness (QED) is 0.786. The molecular weight excluding hydrogens is 194 g/mol. The van der Waals surface area contributed by atoms with E-state index in [-0.39, 0.29) is 5.75 Å². The Morgan fingerprint density at radius 3 is 3.00 bits per heavy atom. The molecule has 0 fully saturated rings. The van der Waals surface area contributed by atoms with Crippen molar-refractivity contribution >= 4 is 0 Å². The van der Waals surface area contributed by atoms with E-state index in [0.29, 0.717) is 23.9 Å². The molecule has 2 rings (SSSR count). The van der Waals surface area contributed by atoms with Gasteiger partial charge in [0.2, 0.25) is 11.8 Å². The molecular formula is C10H11N3O2. The zero-order valence-corrected chi connectivity index (χ0v) is 8.27. The van der Waals surface area contributed by atoms with Crippen molar-refractivity contribution in [3.05, 3.63) is 30.2 Å². The molecule has 2 N–H and O–H groups in total. The summed E-state index contributed by atoms with van der Waals surface area (Å²) >= 11 is 0. The molecule has 1 aromatic carbocycles. The average Bonchev–Trinajstić information content (AvgIpc) is 2.67. The largest absolute Gasteiger partial charge is 0.508 e. The number of nitrogens with zero attached hydrogens (tertiary/aromatic N) is 2. The number of rotatable bonds is 3. The Hall–Kier alpha value is -1.88. The molecule has 78 valence electrons. The molecule has 0 spiro atoms. The predicted octanol–water partition coefficient (Wildman–Crippen LogP) is 1.16. The van der Waals surface area contributed by atoms with Gasteiger partial charge in [0.15, 0.2) is 0 Å². The first-order valence-electron chi connectivity index (χ1n) is 4.56. The Bertz CT molecular complexity index is 453. The van der Waals surface area contributed by atoms with Gasteiger partial charge in [-0.15, -0.1) is 10.2 Å². The van der Waals surface area contributed by atoms with E-state index in [0.717, 1.165) is 0 Å². The van der Waals surface area contributed by atoms with Gasteiger partial charge in [0, 0.05) is 5.56 Å². The molecule has 0 unspecified atom stereocenters. The molecule has 5 nitrogen and oxygen atoms in total. The van der Waals surface area contributed by atoms with Crippen molar-refractivity contribution in [1.29, 1.82) is 0 Å². The Labute approximate surface area is 86.8 Å². The number of phenols is 1. The number of nitrogens with one attached hydrogen (secondary N) is 1. The Morgan fingerprint density at radius 1 is 1.40 bits per heavy atom. The zero-order chi connectivity index (χ0) is 10.7. The van der Waals surface area contributed by atoms with Crippen molar-refractivity contribution in [2.45, 2.75) is 6.54 Å². The highest BCUT2D eigenvalue weighted by molar-refractivity contribution is 5.54. The summed E-state index contributed by atoms with van der Waals surface area (Å²) in [6.45, 7) is 0.534. The van der Waals surface area contributed by atoms with Crippen LogP contribution in [0.5, 0.6) is 5.75 Å². The zero-order valence-electron chi connectivity index (χ0n) is 8.27. The van der Waals surface area contributed by atoms with Crippen LogP contribution in [0.1, 0.15) is 5.89 Å². The van der Waals surface area contributed by atoms with Crippen LogP contribution in [0.15, 0.2) is 28.7 Å². The molecule has 0 bridgehead atoms. The maximum absolute atomic E-state index is 9.28. The molecule has 0 atom stereocenters. The molecule has 1 heterocycles. The molecule has 5 heteroatoms. The summed E-state index contributed by atoms with van der Waals surface area (Å²) in [4.78, 5) is 0. The molecule has 0 saturated heterocycles. The molecule has 2 aromatic rings. The van der Waals surface area contributed by atoms with Crippen molar-refractivity contribution in [2.24, 2.45) is 0 Å². The fourth-order valence-electron chi connectivity index (χ4n) is 1.23. The Morgan fingerprint density at radius 2 is 2.27 bits per heavy atom. The van der Waals surface area contributed by atoms with Crippen molar-refractivity contribution in [3.63, 3.8) is 0 Å². The van der Waals surface area contributed by atoms with Crippen LogP contribution in [0, 0.1) is 0 Å². The normalized spacial score (nSPS) is 10.5. The number of aromatic nitrogens is 2. The molecule has 0 aliphatic heterocycles. The molecule has 15 heavy (non-hydrogen) atoms. The van der Waals surface area contributed by atoms with E-state index in [1.165, 1.54) is 0 Å². The highest BCUT2D eigenvalue weighted by atomic mass is 16.4. The molecule has 0 aliphatic rings. The molecule has 1 aromatic heterocycles. The van der Waals surface area contributed by atoms with E-state index < -0.39 is 0 Å². The lowest BCUT2D eigenvalue weighted by Crippen LogP contribution is -2.04. The van der Waals surface area contributed by atoms with E-state index >= 15 is 0 Å². The van der Waals surface area contributed by atoms with Crippen LogP contribution in [0.3, 0.4) is 0 Å². The van der Waals surface area contributed by atoms with Crippen LogP contribution in [0.25, 0.3) is 11.5 Å². The maximum Gasteiger partial charge on any atom is 0.247 e. The second kappa shape index (κ2) is 4.10. The van der Waals surface area contributed by atoms with Crippen LogP contribution in [0.4, 0.5) is 0 Å². The van der Waals surface area contributed by atoms with Gasteiger partial charge in [0.1, 0.15) is 5.75 Å². The van der Waals surface area contributed by atoms with Gasteiger partial charge < -0.3 is 14.8 Å². The van der Waals surface area contributed by atoms with Gasteiger partial charge in [-0.2, -0.15) is 0 Å². The van der Waals surface area contributed by atoms with E-state index in [2.05, 4.69) is 15.5 Å². The molecule has 0 aliphatic carbocycles. The van der Waals surface area contributed by atoms with Crippen molar-refractivity contribution < 1.29 is 9.52 Å². The van der Waals surface area contributed by atoms with Gasteiger partial charge in [-0.05, 0) is 25.2 Å². The van der Waals surface area contributed by atoms with Crippen LogP contribution in [0.2, 0.25) is 0 Å². The summed E-state index contributed by atoms with van der Waals surface area (Å²) in [5.41, 5.74) is 0.713. The minimum atomic E-state index is 0.181. The van der Waals surface area contributed by atoms with E-state index in [1.54, 1.807) is 31.3 Å². The summed E-state index contributed by atoms with van der Waals surface area (Å²) in [5, 5.41) is 19.9. The van der Waals surface area contributed by atoms with Gasteiger partial charge in [-0.25, -0.2) is 0 Å². The van der Waals surface area contributed by atoms with Crippen LogP contribution in [-0.2, 0) is 6.54 Å². The summed E-state index contributed by atoms with van der Waals surface area (Å²) in [6.07, 6.45) is 0. The predicted molar refractivity (Wildman–Crippen MR) is 54.2 cm³/mol. The second-order valence-electron chi connectivity index (χ2n) is 3.08. The van der Waals surface area contributed by atoms with E-state index in [1.807, 2.05) is 0 Å².